The molecule has 1 fully saturated rings. The van der Waals surface area contributed by atoms with Gasteiger partial charge in [0.25, 0.3) is 0 Å². The molecule has 2 aromatic carbocycles. The van der Waals surface area contributed by atoms with Crippen molar-refractivity contribution in [2.45, 2.75) is 38.5 Å². The van der Waals surface area contributed by atoms with E-state index in [2.05, 4.69) is 11.8 Å². The molecule has 0 aromatic heterocycles. The summed E-state index contributed by atoms with van der Waals surface area (Å²) in [6.45, 7) is 0. The average molecular weight is 334 g/mol. The summed E-state index contributed by atoms with van der Waals surface area (Å²) >= 11 is 0. The van der Waals surface area contributed by atoms with Crippen LogP contribution in [0.3, 0.4) is 0 Å². The lowest BCUT2D eigenvalue weighted by atomic mass is 9.80. The highest BCUT2D eigenvalue weighted by Gasteiger charge is 2.19. The number of carbonyl (C=O) groups excluding carboxylic acids is 1. The SMILES string of the molecule is O=CCCC1CCC(C#Cc2ccc(-c3ccc(F)cc3)cc2)CC1. The fraction of sp³-hybridized carbons (Fsp3) is 0.348. The van der Waals surface area contributed by atoms with E-state index in [0.717, 1.165) is 42.2 Å². The number of benzene rings is 2. The summed E-state index contributed by atoms with van der Waals surface area (Å²) in [4.78, 5) is 10.5. The zero-order valence-corrected chi connectivity index (χ0v) is 14.4. The Hall–Kier alpha value is -2.40. The Morgan fingerprint density at radius 1 is 0.920 bits per heavy atom. The second-order valence-electron chi connectivity index (χ2n) is 6.82. The smallest absolute Gasteiger partial charge is 0.123 e. The van der Waals surface area contributed by atoms with Gasteiger partial charge in [0.1, 0.15) is 12.1 Å². The average Bonchev–Trinajstić information content (AvgIpc) is 2.67. The van der Waals surface area contributed by atoms with Gasteiger partial charge in [0.05, 0.1) is 0 Å². The molecule has 0 radical (unpaired) electrons. The maximum atomic E-state index is 13.0. The fourth-order valence-corrected chi connectivity index (χ4v) is 3.47. The molecule has 0 aliphatic heterocycles. The molecule has 1 aliphatic carbocycles. The molecule has 2 heteroatoms. The molecule has 128 valence electrons. The normalized spacial score (nSPS) is 19.7. The highest BCUT2D eigenvalue weighted by Crippen LogP contribution is 2.31. The molecule has 0 spiro atoms. The quantitative estimate of drug-likeness (QED) is 0.523. The topological polar surface area (TPSA) is 17.1 Å². The van der Waals surface area contributed by atoms with Gasteiger partial charge < -0.3 is 4.79 Å². The largest absolute Gasteiger partial charge is 0.303 e. The number of hydrogen-bond donors (Lipinski definition) is 0. The first-order valence-electron chi connectivity index (χ1n) is 9.06. The van der Waals surface area contributed by atoms with Crippen molar-refractivity contribution in [2.24, 2.45) is 11.8 Å². The molecule has 0 amide bonds. The molecule has 0 saturated heterocycles. The third-order valence-corrected chi connectivity index (χ3v) is 5.02. The van der Waals surface area contributed by atoms with E-state index < -0.39 is 0 Å². The van der Waals surface area contributed by atoms with Crippen LogP contribution in [0.15, 0.2) is 48.5 Å². The second kappa shape index (κ2) is 8.62. The van der Waals surface area contributed by atoms with E-state index in [1.165, 1.54) is 25.0 Å². The molecule has 0 atom stereocenters. The summed E-state index contributed by atoms with van der Waals surface area (Å²) in [5, 5.41) is 0. The van der Waals surface area contributed by atoms with Crippen LogP contribution in [-0.2, 0) is 4.79 Å². The van der Waals surface area contributed by atoms with Crippen LogP contribution in [0.1, 0.15) is 44.1 Å². The van der Waals surface area contributed by atoms with Crippen LogP contribution < -0.4 is 0 Å². The third-order valence-electron chi connectivity index (χ3n) is 5.02. The van der Waals surface area contributed by atoms with E-state index in [1.807, 2.05) is 24.3 Å². The van der Waals surface area contributed by atoms with E-state index in [-0.39, 0.29) is 5.82 Å². The van der Waals surface area contributed by atoms with Crippen molar-refractivity contribution >= 4 is 6.29 Å². The molecule has 25 heavy (non-hydrogen) atoms. The van der Waals surface area contributed by atoms with E-state index in [0.29, 0.717) is 18.3 Å². The zero-order chi connectivity index (χ0) is 17.5. The minimum atomic E-state index is -0.216. The van der Waals surface area contributed by atoms with Crippen LogP contribution in [0, 0.1) is 29.5 Å². The summed E-state index contributed by atoms with van der Waals surface area (Å²) in [6, 6.07) is 14.7. The van der Waals surface area contributed by atoms with E-state index in [9.17, 15) is 9.18 Å². The molecule has 1 saturated carbocycles. The van der Waals surface area contributed by atoms with E-state index >= 15 is 0 Å². The van der Waals surface area contributed by atoms with Gasteiger partial charge in [-0.15, -0.1) is 0 Å². The maximum Gasteiger partial charge on any atom is 0.123 e. The van der Waals surface area contributed by atoms with Crippen molar-refractivity contribution in [1.29, 1.82) is 0 Å². The Bertz CT molecular complexity index is 741. The van der Waals surface area contributed by atoms with E-state index in [1.54, 1.807) is 12.1 Å². The lowest BCUT2D eigenvalue weighted by molar-refractivity contribution is -0.108. The zero-order valence-electron chi connectivity index (χ0n) is 14.4. The van der Waals surface area contributed by atoms with Gasteiger partial charge in [0.2, 0.25) is 0 Å². The lowest BCUT2D eigenvalue weighted by Gasteiger charge is -2.24. The van der Waals surface area contributed by atoms with Crippen molar-refractivity contribution in [3.05, 3.63) is 59.9 Å². The van der Waals surface area contributed by atoms with Gasteiger partial charge in [-0.05, 0) is 73.4 Å². The Morgan fingerprint density at radius 3 is 2.12 bits per heavy atom. The van der Waals surface area contributed by atoms with Gasteiger partial charge in [0, 0.05) is 17.9 Å². The Labute approximate surface area is 149 Å². The number of hydrogen-bond acceptors (Lipinski definition) is 1. The minimum Gasteiger partial charge on any atom is -0.303 e. The summed E-state index contributed by atoms with van der Waals surface area (Å²) in [5.41, 5.74) is 3.10. The van der Waals surface area contributed by atoms with Crippen LogP contribution >= 0.6 is 0 Å². The molecular weight excluding hydrogens is 311 g/mol. The minimum absolute atomic E-state index is 0.216. The molecular formula is C23H23FO. The van der Waals surface area contributed by atoms with E-state index in [4.69, 9.17) is 0 Å². The predicted molar refractivity (Wildman–Crippen MR) is 99.5 cm³/mol. The molecule has 0 bridgehead atoms. The highest BCUT2D eigenvalue weighted by molar-refractivity contribution is 5.64. The molecule has 0 N–H and O–H groups in total. The van der Waals surface area contributed by atoms with Gasteiger partial charge >= 0.3 is 0 Å². The maximum absolute atomic E-state index is 13.0. The van der Waals surface area contributed by atoms with Gasteiger partial charge in [-0.25, -0.2) is 4.39 Å². The first-order chi connectivity index (χ1) is 12.2. The van der Waals surface area contributed by atoms with Crippen LogP contribution in [0.25, 0.3) is 11.1 Å². The monoisotopic (exact) mass is 334 g/mol. The number of carbonyl (C=O) groups is 1. The first kappa shape index (κ1) is 17.4. The fourth-order valence-electron chi connectivity index (χ4n) is 3.47. The molecule has 0 heterocycles. The van der Waals surface area contributed by atoms with Crippen LogP contribution in [0.5, 0.6) is 0 Å². The Balaban J connectivity index is 1.57. The van der Waals surface area contributed by atoms with Gasteiger partial charge in [-0.3, -0.25) is 0 Å². The molecule has 3 rings (SSSR count). The second-order valence-corrected chi connectivity index (χ2v) is 6.82. The van der Waals surface area contributed by atoms with Crippen molar-refractivity contribution in [1.82, 2.24) is 0 Å². The molecule has 1 nitrogen and oxygen atoms in total. The first-order valence-corrected chi connectivity index (χ1v) is 9.06. The standard InChI is InChI=1S/C23H23FO/c24-23-15-13-22(14-16-23)21-11-9-20(10-12-21)8-7-19-5-3-18(4-6-19)2-1-17-25/h9-19H,1-6H2. The van der Waals surface area contributed by atoms with Gasteiger partial charge in [-0.2, -0.15) is 0 Å². The molecule has 1 aliphatic rings. The number of halogens is 1. The Morgan fingerprint density at radius 2 is 1.52 bits per heavy atom. The predicted octanol–water partition coefficient (Wildman–Crippen LogP) is 5.63. The highest BCUT2D eigenvalue weighted by atomic mass is 19.1. The number of aldehydes is 1. The summed E-state index contributed by atoms with van der Waals surface area (Å²) in [7, 11) is 0. The molecule has 0 unspecified atom stereocenters. The molecule has 2 aromatic rings. The summed E-state index contributed by atoms with van der Waals surface area (Å²) < 4.78 is 13.0. The summed E-state index contributed by atoms with van der Waals surface area (Å²) in [6.07, 6.45) is 7.43. The van der Waals surface area contributed by atoms with Gasteiger partial charge in [0.15, 0.2) is 0 Å². The Kier molecular flexibility index (Phi) is 6.01. The van der Waals surface area contributed by atoms with Crippen molar-refractivity contribution in [3.8, 4) is 23.0 Å². The number of rotatable bonds is 4. The van der Waals surface area contributed by atoms with Crippen LogP contribution in [-0.4, -0.2) is 6.29 Å². The lowest BCUT2D eigenvalue weighted by Crippen LogP contribution is -2.13. The van der Waals surface area contributed by atoms with Crippen molar-refractivity contribution in [3.63, 3.8) is 0 Å². The van der Waals surface area contributed by atoms with Crippen LogP contribution in [0.2, 0.25) is 0 Å². The third kappa shape index (κ3) is 5.03. The van der Waals surface area contributed by atoms with Gasteiger partial charge in [-0.1, -0.05) is 36.1 Å². The summed E-state index contributed by atoms with van der Waals surface area (Å²) in [5.74, 6) is 7.67. The van der Waals surface area contributed by atoms with Crippen molar-refractivity contribution < 1.29 is 9.18 Å². The van der Waals surface area contributed by atoms with Crippen molar-refractivity contribution in [2.75, 3.05) is 0 Å². The van der Waals surface area contributed by atoms with Crippen LogP contribution in [0.4, 0.5) is 4.39 Å².